The van der Waals surface area contributed by atoms with Gasteiger partial charge in [-0.1, -0.05) is 12.1 Å². The predicted molar refractivity (Wildman–Crippen MR) is 68.8 cm³/mol. The standard InChI is InChI=1S/C13H14F3NOS/c1-9-17(6-7-19-9)12(18)8-10-2-4-11(5-3-10)13(14,15)16/h2-5,9H,6-8H2,1H3. The molecule has 6 heteroatoms. The number of rotatable bonds is 2. The first kappa shape index (κ1) is 14.2. The van der Waals surface area contributed by atoms with Gasteiger partial charge in [-0.15, -0.1) is 11.8 Å². The molecule has 1 aliphatic heterocycles. The summed E-state index contributed by atoms with van der Waals surface area (Å²) >= 11 is 1.71. The normalized spacial score (nSPS) is 19.8. The van der Waals surface area contributed by atoms with Gasteiger partial charge in [0.1, 0.15) is 0 Å². The molecule has 2 nitrogen and oxygen atoms in total. The van der Waals surface area contributed by atoms with Crippen LogP contribution in [0.15, 0.2) is 24.3 Å². The lowest BCUT2D eigenvalue weighted by molar-refractivity contribution is -0.137. The van der Waals surface area contributed by atoms with E-state index in [9.17, 15) is 18.0 Å². The van der Waals surface area contributed by atoms with Crippen molar-refractivity contribution < 1.29 is 18.0 Å². The van der Waals surface area contributed by atoms with Crippen LogP contribution in [-0.2, 0) is 17.4 Å². The van der Waals surface area contributed by atoms with E-state index >= 15 is 0 Å². The van der Waals surface area contributed by atoms with Crippen molar-refractivity contribution in [1.29, 1.82) is 0 Å². The van der Waals surface area contributed by atoms with Gasteiger partial charge in [-0.3, -0.25) is 4.79 Å². The zero-order valence-electron chi connectivity index (χ0n) is 10.4. The van der Waals surface area contributed by atoms with E-state index in [1.807, 2.05) is 6.92 Å². The molecule has 0 aromatic heterocycles. The second-order valence-electron chi connectivity index (χ2n) is 4.43. The largest absolute Gasteiger partial charge is 0.416 e. The molecule has 19 heavy (non-hydrogen) atoms. The van der Waals surface area contributed by atoms with E-state index in [0.29, 0.717) is 12.1 Å². The van der Waals surface area contributed by atoms with Crippen molar-refractivity contribution in [1.82, 2.24) is 4.90 Å². The highest BCUT2D eigenvalue weighted by molar-refractivity contribution is 8.00. The summed E-state index contributed by atoms with van der Waals surface area (Å²) in [4.78, 5) is 13.8. The van der Waals surface area contributed by atoms with E-state index < -0.39 is 11.7 Å². The van der Waals surface area contributed by atoms with Crippen LogP contribution in [0.4, 0.5) is 13.2 Å². The van der Waals surface area contributed by atoms with Gasteiger partial charge >= 0.3 is 6.18 Å². The van der Waals surface area contributed by atoms with Gasteiger partial charge in [0.25, 0.3) is 0 Å². The lowest BCUT2D eigenvalue weighted by Crippen LogP contribution is -2.34. The summed E-state index contributed by atoms with van der Waals surface area (Å²) in [7, 11) is 0. The molecule has 0 spiro atoms. The summed E-state index contributed by atoms with van der Waals surface area (Å²) < 4.78 is 37.2. The average molecular weight is 289 g/mol. The van der Waals surface area contributed by atoms with Crippen LogP contribution in [0.3, 0.4) is 0 Å². The SMILES string of the molecule is CC1SCCN1C(=O)Cc1ccc(C(F)(F)F)cc1. The van der Waals surface area contributed by atoms with E-state index in [2.05, 4.69) is 0 Å². The monoisotopic (exact) mass is 289 g/mol. The third-order valence-electron chi connectivity index (χ3n) is 3.09. The quantitative estimate of drug-likeness (QED) is 0.833. The Balaban J connectivity index is 2.02. The highest BCUT2D eigenvalue weighted by atomic mass is 32.2. The number of hydrogen-bond donors (Lipinski definition) is 0. The summed E-state index contributed by atoms with van der Waals surface area (Å²) in [5.41, 5.74) is -0.0732. The van der Waals surface area contributed by atoms with Crippen LogP contribution in [0.2, 0.25) is 0 Å². The van der Waals surface area contributed by atoms with Crippen LogP contribution < -0.4 is 0 Å². The van der Waals surface area contributed by atoms with Crippen molar-refractivity contribution in [2.24, 2.45) is 0 Å². The van der Waals surface area contributed by atoms with Crippen LogP contribution >= 0.6 is 11.8 Å². The minimum Gasteiger partial charge on any atom is -0.330 e. The number of alkyl halides is 3. The molecule has 0 N–H and O–H groups in total. The van der Waals surface area contributed by atoms with E-state index in [-0.39, 0.29) is 17.7 Å². The van der Waals surface area contributed by atoms with E-state index in [1.165, 1.54) is 12.1 Å². The molecule has 0 saturated carbocycles. The van der Waals surface area contributed by atoms with Gasteiger partial charge < -0.3 is 4.90 Å². The molecule has 1 aromatic carbocycles. The third kappa shape index (κ3) is 3.43. The first-order chi connectivity index (χ1) is 8.88. The van der Waals surface area contributed by atoms with Crippen molar-refractivity contribution in [3.05, 3.63) is 35.4 Å². The van der Waals surface area contributed by atoms with Crippen molar-refractivity contribution in [3.8, 4) is 0 Å². The lowest BCUT2D eigenvalue weighted by atomic mass is 10.1. The minimum absolute atomic E-state index is 0.0303. The van der Waals surface area contributed by atoms with Crippen molar-refractivity contribution in [2.45, 2.75) is 24.9 Å². The third-order valence-corrected chi connectivity index (χ3v) is 4.24. The molecule has 0 radical (unpaired) electrons. The van der Waals surface area contributed by atoms with Crippen LogP contribution in [-0.4, -0.2) is 28.5 Å². The fraction of sp³-hybridized carbons (Fsp3) is 0.462. The Morgan fingerprint density at radius 2 is 2.00 bits per heavy atom. The number of carbonyl (C=O) groups is 1. The zero-order valence-corrected chi connectivity index (χ0v) is 11.2. The fourth-order valence-electron chi connectivity index (χ4n) is 2.01. The maximum atomic E-state index is 12.4. The highest BCUT2D eigenvalue weighted by Gasteiger charge is 2.30. The van der Waals surface area contributed by atoms with Gasteiger partial charge in [-0.25, -0.2) is 0 Å². The Morgan fingerprint density at radius 3 is 2.47 bits per heavy atom. The first-order valence-electron chi connectivity index (χ1n) is 5.95. The van der Waals surface area contributed by atoms with Crippen molar-refractivity contribution >= 4 is 17.7 Å². The van der Waals surface area contributed by atoms with Crippen LogP contribution in [0.5, 0.6) is 0 Å². The molecule has 2 rings (SSSR count). The second kappa shape index (κ2) is 5.45. The smallest absolute Gasteiger partial charge is 0.330 e. The Labute approximate surface area is 114 Å². The summed E-state index contributed by atoms with van der Waals surface area (Å²) in [6.45, 7) is 2.67. The van der Waals surface area contributed by atoms with Gasteiger partial charge in [0, 0.05) is 12.3 Å². The molecule has 1 amide bonds. The van der Waals surface area contributed by atoms with Crippen LogP contribution in [0, 0.1) is 0 Å². The second-order valence-corrected chi connectivity index (χ2v) is 5.85. The fourth-order valence-corrected chi connectivity index (χ4v) is 3.05. The highest BCUT2D eigenvalue weighted by Crippen LogP contribution is 2.29. The number of amides is 1. The first-order valence-corrected chi connectivity index (χ1v) is 7.00. The number of hydrogen-bond acceptors (Lipinski definition) is 2. The molecular formula is C13H14F3NOS. The Hall–Kier alpha value is -1.17. The van der Waals surface area contributed by atoms with Crippen molar-refractivity contribution in [2.75, 3.05) is 12.3 Å². The maximum Gasteiger partial charge on any atom is 0.416 e. The number of halogens is 3. The Morgan fingerprint density at radius 1 is 1.37 bits per heavy atom. The lowest BCUT2D eigenvalue weighted by Gasteiger charge is -2.20. The number of thioether (sulfide) groups is 1. The number of carbonyl (C=O) groups excluding carboxylic acids is 1. The average Bonchev–Trinajstić information content (AvgIpc) is 2.75. The van der Waals surface area contributed by atoms with Gasteiger partial charge in [0.15, 0.2) is 0 Å². The van der Waals surface area contributed by atoms with E-state index in [1.54, 1.807) is 16.7 Å². The van der Waals surface area contributed by atoms with Gasteiger partial charge in [-0.2, -0.15) is 13.2 Å². The summed E-state index contributed by atoms with van der Waals surface area (Å²) in [6, 6.07) is 4.78. The molecule has 0 bridgehead atoms. The molecule has 1 aromatic rings. The van der Waals surface area contributed by atoms with E-state index in [4.69, 9.17) is 0 Å². The molecular weight excluding hydrogens is 275 g/mol. The molecule has 1 saturated heterocycles. The summed E-state index contributed by atoms with van der Waals surface area (Å²) in [6.07, 6.45) is -4.17. The molecule has 1 unspecified atom stereocenters. The zero-order chi connectivity index (χ0) is 14.0. The van der Waals surface area contributed by atoms with Gasteiger partial charge in [0.05, 0.1) is 17.4 Å². The predicted octanol–water partition coefficient (Wildman–Crippen LogP) is 3.17. The Bertz CT molecular complexity index is 458. The molecule has 1 heterocycles. The number of nitrogens with zero attached hydrogens (tertiary/aromatic N) is 1. The van der Waals surface area contributed by atoms with Crippen molar-refractivity contribution in [3.63, 3.8) is 0 Å². The van der Waals surface area contributed by atoms with Gasteiger partial charge in [0.2, 0.25) is 5.91 Å². The molecule has 0 aliphatic carbocycles. The molecule has 104 valence electrons. The Kier molecular flexibility index (Phi) is 4.08. The maximum absolute atomic E-state index is 12.4. The summed E-state index contributed by atoms with van der Waals surface area (Å²) in [5, 5.41) is 0.155. The number of benzene rings is 1. The summed E-state index contributed by atoms with van der Waals surface area (Å²) in [5.74, 6) is 0.886. The topological polar surface area (TPSA) is 20.3 Å². The van der Waals surface area contributed by atoms with Gasteiger partial charge in [-0.05, 0) is 24.6 Å². The molecule has 1 fully saturated rings. The van der Waals surface area contributed by atoms with Crippen LogP contribution in [0.1, 0.15) is 18.1 Å². The van der Waals surface area contributed by atoms with Crippen LogP contribution in [0.25, 0.3) is 0 Å². The van der Waals surface area contributed by atoms with E-state index in [0.717, 1.165) is 17.9 Å². The molecule has 1 atom stereocenters. The molecule has 1 aliphatic rings. The minimum atomic E-state index is -4.33.